The quantitative estimate of drug-likeness (QED) is 0.168. The summed E-state index contributed by atoms with van der Waals surface area (Å²) in [4.78, 5) is 31.8. The van der Waals surface area contributed by atoms with Crippen molar-refractivity contribution in [3.8, 4) is 28.3 Å². The van der Waals surface area contributed by atoms with Crippen LogP contribution in [0.5, 0.6) is 5.75 Å². The number of aromatic carboxylic acids is 1. The molecule has 1 aromatic heterocycles. The van der Waals surface area contributed by atoms with Crippen molar-refractivity contribution in [1.82, 2.24) is 14.5 Å². The van der Waals surface area contributed by atoms with Crippen LogP contribution in [-0.2, 0) is 6.61 Å². The van der Waals surface area contributed by atoms with Crippen LogP contribution < -0.4 is 4.74 Å². The number of rotatable bonds is 8. The van der Waals surface area contributed by atoms with Gasteiger partial charge in [-0.1, -0.05) is 49.1 Å². The van der Waals surface area contributed by atoms with Gasteiger partial charge < -0.3 is 24.4 Å². The fourth-order valence-electron chi connectivity index (χ4n) is 6.99. The summed E-state index contributed by atoms with van der Waals surface area (Å²) < 4.78 is 8.60. The monoisotopic (exact) mass is 699 g/mol. The normalized spacial score (nSPS) is 15.6. The number of ether oxygens (including phenoxy) is 1. The van der Waals surface area contributed by atoms with Crippen LogP contribution in [0.3, 0.4) is 0 Å². The summed E-state index contributed by atoms with van der Waals surface area (Å²) >= 11 is 6.19. The third-order valence-corrected chi connectivity index (χ3v) is 9.90. The first-order chi connectivity index (χ1) is 23.3. The van der Waals surface area contributed by atoms with Crippen molar-refractivity contribution in [2.45, 2.75) is 63.7 Å². The Bertz CT molecular complexity index is 1940. The first-order valence-corrected chi connectivity index (χ1v) is 17.1. The number of nitrogens with zero attached hydrogens (tertiary/aromatic N) is 3. The number of piperidine rings is 1. The van der Waals surface area contributed by atoms with Gasteiger partial charge in [0.25, 0.3) is 5.91 Å². The molecule has 1 aliphatic heterocycles. The molecule has 0 radical (unpaired) electrons. The van der Waals surface area contributed by atoms with Crippen molar-refractivity contribution in [1.29, 1.82) is 0 Å². The zero-order valence-electron chi connectivity index (χ0n) is 27.1. The van der Waals surface area contributed by atoms with Gasteiger partial charge in [-0.3, -0.25) is 4.79 Å². The minimum Gasteiger partial charge on any atom is -0.489 e. The molecule has 10 heteroatoms. The highest BCUT2D eigenvalue weighted by atomic mass is 35.5. The first kappa shape index (κ1) is 34.5. The summed E-state index contributed by atoms with van der Waals surface area (Å²) in [5, 5.41) is 20.1. The number of benzene rings is 4. The molecular formula is C39H39Cl2N3O5. The van der Waals surface area contributed by atoms with E-state index >= 15 is 0 Å². The highest BCUT2D eigenvalue weighted by Crippen LogP contribution is 2.37. The number of aliphatic hydroxyl groups is 1. The molecule has 8 nitrogen and oxygen atoms in total. The molecule has 0 spiro atoms. The second-order valence-electron chi connectivity index (χ2n) is 12.8. The molecule has 2 N–H and O–H groups in total. The predicted molar refractivity (Wildman–Crippen MR) is 194 cm³/mol. The second kappa shape index (κ2) is 15.0. The Morgan fingerprint density at radius 3 is 2.18 bits per heavy atom. The third-order valence-electron chi connectivity index (χ3n) is 9.65. The maximum Gasteiger partial charge on any atom is 0.335 e. The Morgan fingerprint density at radius 1 is 0.816 bits per heavy atom. The third kappa shape index (κ3) is 7.47. The summed E-state index contributed by atoms with van der Waals surface area (Å²) in [5.74, 6) is 0.523. The lowest BCUT2D eigenvalue weighted by Gasteiger charge is -2.29. The van der Waals surface area contributed by atoms with Crippen molar-refractivity contribution in [2.24, 2.45) is 0 Å². The van der Waals surface area contributed by atoms with E-state index in [1.165, 1.54) is 19.3 Å². The number of imidazole rings is 1. The van der Waals surface area contributed by atoms with Crippen LogP contribution in [0.15, 0.2) is 84.9 Å². The van der Waals surface area contributed by atoms with Crippen LogP contribution in [0.2, 0.25) is 5.02 Å². The van der Waals surface area contributed by atoms with Crippen LogP contribution in [-0.4, -0.2) is 55.7 Å². The van der Waals surface area contributed by atoms with Gasteiger partial charge in [-0.15, -0.1) is 12.4 Å². The minimum absolute atomic E-state index is 0. The highest BCUT2D eigenvalue weighted by molar-refractivity contribution is 6.30. The van der Waals surface area contributed by atoms with Gasteiger partial charge in [-0.2, -0.15) is 0 Å². The minimum atomic E-state index is -0.963. The molecule has 0 atom stereocenters. The number of amides is 1. The van der Waals surface area contributed by atoms with Gasteiger partial charge in [0.2, 0.25) is 0 Å². The van der Waals surface area contributed by atoms with Crippen molar-refractivity contribution in [3.05, 3.63) is 107 Å². The second-order valence-corrected chi connectivity index (χ2v) is 13.3. The summed E-state index contributed by atoms with van der Waals surface area (Å²) in [5.41, 5.74) is 6.17. The molecule has 254 valence electrons. The molecule has 4 aromatic carbocycles. The fourth-order valence-corrected chi connectivity index (χ4v) is 7.12. The average molecular weight is 701 g/mol. The molecule has 1 amide bonds. The largest absolute Gasteiger partial charge is 0.489 e. The number of aromatic nitrogens is 2. The summed E-state index contributed by atoms with van der Waals surface area (Å²) in [7, 11) is 0. The number of hydrogen-bond donors (Lipinski definition) is 2. The molecule has 2 fully saturated rings. The van der Waals surface area contributed by atoms with E-state index in [0.717, 1.165) is 46.4 Å². The van der Waals surface area contributed by atoms with Crippen molar-refractivity contribution < 1.29 is 24.5 Å². The van der Waals surface area contributed by atoms with E-state index in [2.05, 4.69) is 4.57 Å². The number of aliphatic hydroxyl groups excluding tert-OH is 1. The van der Waals surface area contributed by atoms with Gasteiger partial charge >= 0.3 is 5.97 Å². The van der Waals surface area contributed by atoms with Crippen molar-refractivity contribution in [2.75, 3.05) is 13.1 Å². The maximum absolute atomic E-state index is 13.4. The van der Waals surface area contributed by atoms with Gasteiger partial charge in [0.1, 0.15) is 18.2 Å². The fraction of sp³-hybridized carbons (Fsp3) is 0.308. The van der Waals surface area contributed by atoms with Crippen molar-refractivity contribution in [3.63, 3.8) is 0 Å². The molecule has 0 unspecified atom stereocenters. The lowest BCUT2D eigenvalue weighted by Crippen LogP contribution is -2.40. The number of carbonyl (C=O) groups excluding carboxylic acids is 1. The standard InChI is InChI=1S/C39H38ClN3O5.ClH/c40-30-13-8-25(9-14-30)34-22-27(38(45)42-20-18-32(44)19-21-42)6-7-29(34)24-48-33-15-10-26(11-16-33)37-41-35-23-28(39(46)47)12-17-36(35)43(37)31-4-2-1-3-5-31;/h6-17,22-23,31-32,44H,1-5,18-21,24H2,(H,46,47);1H. The van der Waals surface area contributed by atoms with Gasteiger partial charge in [0.05, 0.1) is 22.7 Å². The molecule has 1 aliphatic carbocycles. The van der Waals surface area contributed by atoms with E-state index in [-0.39, 0.29) is 30.0 Å². The maximum atomic E-state index is 13.4. The highest BCUT2D eigenvalue weighted by Gasteiger charge is 2.25. The first-order valence-electron chi connectivity index (χ1n) is 16.7. The Morgan fingerprint density at radius 2 is 1.49 bits per heavy atom. The van der Waals surface area contributed by atoms with Crippen LogP contribution in [0, 0.1) is 0 Å². The van der Waals surface area contributed by atoms with Gasteiger partial charge in [-0.25, -0.2) is 9.78 Å². The molecule has 5 aromatic rings. The van der Waals surface area contributed by atoms with Gasteiger partial charge in [0, 0.05) is 35.3 Å². The number of halogens is 2. The number of carboxylic acid groups (broad SMARTS) is 1. The number of carbonyl (C=O) groups is 2. The topological polar surface area (TPSA) is 105 Å². The lowest BCUT2D eigenvalue weighted by molar-refractivity contribution is 0.0546. The van der Waals surface area contributed by atoms with E-state index in [4.69, 9.17) is 21.3 Å². The molecular weight excluding hydrogens is 661 g/mol. The van der Waals surface area contributed by atoms with E-state index in [9.17, 15) is 19.8 Å². The summed E-state index contributed by atoms with van der Waals surface area (Å²) in [6, 6.07) is 26.7. The lowest BCUT2D eigenvalue weighted by atomic mass is 9.95. The molecule has 2 aliphatic rings. The SMILES string of the molecule is Cl.O=C(O)c1ccc2c(c1)nc(-c1ccc(OCc3ccc(C(=O)N4CCC(O)CC4)cc3-c3ccc(Cl)cc3)cc1)n2C1CCCCC1. The van der Waals surface area contributed by atoms with E-state index < -0.39 is 5.97 Å². The van der Waals surface area contributed by atoms with Crippen molar-refractivity contribution >= 4 is 46.9 Å². The Balaban J connectivity index is 0.00000417. The Labute approximate surface area is 296 Å². The zero-order valence-corrected chi connectivity index (χ0v) is 28.6. The average Bonchev–Trinajstić information content (AvgIpc) is 3.50. The molecule has 49 heavy (non-hydrogen) atoms. The van der Waals surface area contributed by atoms with Crippen LogP contribution >= 0.6 is 24.0 Å². The molecule has 1 saturated heterocycles. The van der Waals surface area contributed by atoms with Gasteiger partial charge in [0.15, 0.2) is 0 Å². The summed E-state index contributed by atoms with van der Waals surface area (Å²) in [6.07, 6.45) is 6.53. The molecule has 7 rings (SSSR count). The van der Waals surface area contributed by atoms with E-state index in [1.54, 1.807) is 17.0 Å². The van der Waals surface area contributed by atoms with Crippen LogP contribution in [0.25, 0.3) is 33.5 Å². The number of hydrogen-bond acceptors (Lipinski definition) is 5. The smallest absolute Gasteiger partial charge is 0.335 e. The van der Waals surface area contributed by atoms with E-state index in [0.29, 0.717) is 60.4 Å². The van der Waals surface area contributed by atoms with Crippen LogP contribution in [0.4, 0.5) is 0 Å². The van der Waals surface area contributed by atoms with E-state index in [1.807, 2.05) is 72.8 Å². The molecule has 0 bridgehead atoms. The summed E-state index contributed by atoms with van der Waals surface area (Å²) in [6.45, 7) is 1.37. The number of likely N-dealkylation sites (tertiary alicyclic amines) is 1. The number of fused-ring (bicyclic) bond motifs is 1. The van der Waals surface area contributed by atoms with Gasteiger partial charge in [-0.05, 0) is 109 Å². The Hall–Kier alpha value is -4.37. The molecule has 2 heterocycles. The van der Waals surface area contributed by atoms with Crippen LogP contribution in [0.1, 0.15) is 77.3 Å². The number of carboxylic acids is 1. The zero-order chi connectivity index (χ0) is 33.2. The predicted octanol–water partition coefficient (Wildman–Crippen LogP) is 8.82. The molecule has 1 saturated carbocycles. The Kier molecular flexibility index (Phi) is 10.6.